The van der Waals surface area contributed by atoms with Crippen molar-refractivity contribution in [1.82, 2.24) is 20.1 Å². The maximum atomic E-state index is 13.9. The first-order valence-electron chi connectivity index (χ1n) is 7.22. The second-order valence-corrected chi connectivity index (χ2v) is 6.59. The van der Waals surface area contributed by atoms with Gasteiger partial charge in [-0.25, -0.2) is 9.18 Å². The molecule has 1 aromatic heterocycles. The average molecular weight is 351 g/mol. The lowest BCUT2D eigenvalue weighted by molar-refractivity contribution is -0.120. The number of primary amides is 1. The Balaban J connectivity index is 2.28. The molecule has 0 aliphatic rings. The Labute approximate surface area is 142 Å². The number of carbonyl (C=O) groups excluding carboxylic acids is 2. The van der Waals surface area contributed by atoms with Crippen LogP contribution in [0.5, 0.6) is 0 Å². The molecule has 0 spiro atoms. The number of imide groups is 1. The highest BCUT2D eigenvalue weighted by Gasteiger charge is 2.27. The zero-order valence-electron chi connectivity index (χ0n) is 13.5. The van der Waals surface area contributed by atoms with Crippen molar-refractivity contribution in [3.8, 4) is 11.4 Å². The molecular weight excluding hydrogens is 333 g/mol. The number of urea groups is 1. The van der Waals surface area contributed by atoms with E-state index in [9.17, 15) is 14.0 Å². The van der Waals surface area contributed by atoms with Crippen molar-refractivity contribution in [2.75, 3.05) is 0 Å². The molecule has 0 radical (unpaired) electrons. The lowest BCUT2D eigenvalue weighted by Gasteiger charge is -2.18. The Morgan fingerprint density at radius 2 is 1.96 bits per heavy atom. The van der Waals surface area contributed by atoms with Crippen LogP contribution in [-0.2, 0) is 11.8 Å². The maximum absolute atomic E-state index is 13.9. The van der Waals surface area contributed by atoms with Gasteiger partial charge in [-0.15, -0.1) is 10.2 Å². The van der Waals surface area contributed by atoms with E-state index in [1.54, 1.807) is 29.8 Å². The highest BCUT2D eigenvalue weighted by Crippen LogP contribution is 2.30. The van der Waals surface area contributed by atoms with Gasteiger partial charge in [0.1, 0.15) is 5.82 Å². The lowest BCUT2D eigenvalue weighted by atomic mass is 10.1. The van der Waals surface area contributed by atoms with Gasteiger partial charge in [0.15, 0.2) is 11.0 Å². The Kier molecular flexibility index (Phi) is 5.55. The van der Waals surface area contributed by atoms with E-state index in [2.05, 4.69) is 15.5 Å². The number of amides is 3. The van der Waals surface area contributed by atoms with Crippen LogP contribution in [0, 0.1) is 11.7 Å². The molecule has 0 aliphatic heterocycles. The van der Waals surface area contributed by atoms with Crippen LogP contribution in [0.1, 0.15) is 13.8 Å². The van der Waals surface area contributed by atoms with E-state index in [0.29, 0.717) is 16.5 Å². The van der Waals surface area contributed by atoms with E-state index in [1.807, 2.05) is 13.8 Å². The highest BCUT2D eigenvalue weighted by molar-refractivity contribution is 8.00. The van der Waals surface area contributed by atoms with Crippen LogP contribution in [0.3, 0.4) is 0 Å². The van der Waals surface area contributed by atoms with Gasteiger partial charge in [0, 0.05) is 7.05 Å². The number of aromatic nitrogens is 3. The van der Waals surface area contributed by atoms with Crippen molar-refractivity contribution in [3.05, 3.63) is 30.1 Å². The van der Waals surface area contributed by atoms with Crippen LogP contribution in [0.2, 0.25) is 0 Å². The van der Waals surface area contributed by atoms with Gasteiger partial charge in [0.05, 0.1) is 10.8 Å². The monoisotopic (exact) mass is 351 g/mol. The van der Waals surface area contributed by atoms with E-state index in [-0.39, 0.29) is 5.92 Å². The predicted molar refractivity (Wildman–Crippen MR) is 88.6 cm³/mol. The molecule has 0 fully saturated rings. The second-order valence-electron chi connectivity index (χ2n) is 5.48. The van der Waals surface area contributed by atoms with E-state index >= 15 is 0 Å². The zero-order valence-corrected chi connectivity index (χ0v) is 14.3. The normalized spacial score (nSPS) is 12.2. The molecule has 7 nitrogen and oxygen atoms in total. The van der Waals surface area contributed by atoms with Crippen LogP contribution in [-0.4, -0.2) is 32.0 Å². The quantitative estimate of drug-likeness (QED) is 0.801. The first-order chi connectivity index (χ1) is 11.3. The summed E-state index contributed by atoms with van der Waals surface area (Å²) in [6.45, 7) is 3.68. The van der Waals surface area contributed by atoms with Crippen molar-refractivity contribution in [3.63, 3.8) is 0 Å². The van der Waals surface area contributed by atoms with Crippen molar-refractivity contribution in [1.29, 1.82) is 0 Å². The van der Waals surface area contributed by atoms with E-state index < -0.39 is 23.0 Å². The number of nitrogens with two attached hydrogens (primary N) is 1. The van der Waals surface area contributed by atoms with Gasteiger partial charge in [-0.1, -0.05) is 37.7 Å². The molecule has 2 rings (SSSR count). The molecule has 2 aromatic rings. The molecule has 0 bridgehead atoms. The summed E-state index contributed by atoms with van der Waals surface area (Å²) in [5.41, 5.74) is 5.32. The summed E-state index contributed by atoms with van der Waals surface area (Å²) in [6, 6.07) is 5.34. The second kappa shape index (κ2) is 7.43. The van der Waals surface area contributed by atoms with Gasteiger partial charge in [-0.05, 0) is 18.1 Å². The average Bonchev–Trinajstić information content (AvgIpc) is 2.85. The number of rotatable bonds is 5. The van der Waals surface area contributed by atoms with Crippen LogP contribution in [0.4, 0.5) is 9.18 Å². The fourth-order valence-electron chi connectivity index (χ4n) is 2.09. The number of halogens is 1. The first-order valence-corrected chi connectivity index (χ1v) is 8.10. The fourth-order valence-corrected chi connectivity index (χ4v) is 3.09. The summed E-state index contributed by atoms with van der Waals surface area (Å²) >= 11 is 1.14. The molecule has 0 saturated heterocycles. The Hall–Kier alpha value is -2.42. The van der Waals surface area contributed by atoms with Crippen molar-refractivity contribution < 1.29 is 14.0 Å². The number of nitrogens with one attached hydrogen (secondary N) is 1. The van der Waals surface area contributed by atoms with Crippen molar-refractivity contribution in [2.45, 2.75) is 24.3 Å². The molecule has 0 saturated carbocycles. The molecule has 1 aromatic carbocycles. The largest absolute Gasteiger partial charge is 0.351 e. The van der Waals surface area contributed by atoms with Gasteiger partial charge in [-0.3, -0.25) is 10.1 Å². The molecule has 0 aliphatic carbocycles. The van der Waals surface area contributed by atoms with Gasteiger partial charge in [0.2, 0.25) is 5.91 Å². The summed E-state index contributed by atoms with van der Waals surface area (Å²) in [5, 5.41) is 9.96. The minimum Gasteiger partial charge on any atom is -0.351 e. The maximum Gasteiger partial charge on any atom is 0.318 e. The smallest absolute Gasteiger partial charge is 0.318 e. The zero-order chi connectivity index (χ0) is 17.9. The molecule has 1 heterocycles. The first kappa shape index (κ1) is 17.9. The van der Waals surface area contributed by atoms with Gasteiger partial charge < -0.3 is 10.3 Å². The van der Waals surface area contributed by atoms with Gasteiger partial charge in [-0.2, -0.15) is 0 Å². The molecule has 0 unspecified atom stereocenters. The minimum absolute atomic E-state index is 0.0806. The number of carbonyl (C=O) groups is 2. The Morgan fingerprint density at radius 3 is 2.54 bits per heavy atom. The van der Waals surface area contributed by atoms with Crippen LogP contribution in [0.15, 0.2) is 29.4 Å². The molecule has 9 heteroatoms. The third-order valence-electron chi connectivity index (χ3n) is 3.29. The molecule has 3 N–H and O–H groups in total. The van der Waals surface area contributed by atoms with Gasteiger partial charge >= 0.3 is 6.03 Å². The van der Waals surface area contributed by atoms with E-state index in [0.717, 1.165) is 11.8 Å². The number of thioether (sulfide) groups is 1. The Bertz CT molecular complexity index is 762. The summed E-state index contributed by atoms with van der Waals surface area (Å²) < 4.78 is 15.5. The summed E-state index contributed by atoms with van der Waals surface area (Å²) in [7, 11) is 1.69. The summed E-state index contributed by atoms with van der Waals surface area (Å²) in [6.07, 6.45) is 0. The molecule has 128 valence electrons. The minimum atomic E-state index is -0.906. The summed E-state index contributed by atoms with van der Waals surface area (Å²) in [5.74, 6) is -0.634. The highest BCUT2D eigenvalue weighted by atomic mass is 32.2. The van der Waals surface area contributed by atoms with Gasteiger partial charge in [0.25, 0.3) is 0 Å². The standard InChI is InChI=1S/C15H18FN5O2S/c1-8(2)11(13(22)18-14(17)23)24-15-20-19-12(21(15)3)9-6-4-5-7-10(9)16/h4-8,11H,1-3H3,(H3,17,18,22,23)/t11-/m0/s1. The molecule has 1 atom stereocenters. The summed E-state index contributed by atoms with van der Waals surface area (Å²) in [4.78, 5) is 23.0. The molecule has 3 amide bonds. The Morgan fingerprint density at radius 1 is 1.29 bits per heavy atom. The number of hydrogen-bond donors (Lipinski definition) is 2. The van der Waals surface area contributed by atoms with Crippen molar-refractivity contribution in [2.24, 2.45) is 18.7 Å². The van der Waals surface area contributed by atoms with Crippen LogP contribution < -0.4 is 11.1 Å². The third-order valence-corrected chi connectivity index (χ3v) is 4.87. The third kappa shape index (κ3) is 3.91. The topological polar surface area (TPSA) is 103 Å². The van der Waals surface area contributed by atoms with E-state index in [1.165, 1.54) is 6.07 Å². The SMILES string of the molecule is CC(C)[C@H](Sc1nnc(-c2ccccc2F)n1C)C(=O)NC(N)=O. The fraction of sp³-hybridized carbons (Fsp3) is 0.333. The number of benzene rings is 1. The predicted octanol–water partition coefficient (Wildman–Crippen LogP) is 1.93. The number of nitrogens with zero attached hydrogens (tertiary/aromatic N) is 3. The lowest BCUT2D eigenvalue weighted by Crippen LogP contribution is -2.42. The molecule has 24 heavy (non-hydrogen) atoms. The van der Waals surface area contributed by atoms with Crippen LogP contribution in [0.25, 0.3) is 11.4 Å². The van der Waals surface area contributed by atoms with Crippen LogP contribution >= 0.6 is 11.8 Å². The molecular formula is C15H18FN5O2S. The van der Waals surface area contributed by atoms with Crippen molar-refractivity contribution >= 4 is 23.7 Å². The van der Waals surface area contributed by atoms with E-state index in [4.69, 9.17) is 5.73 Å². The number of hydrogen-bond acceptors (Lipinski definition) is 5.